The van der Waals surface area contributed by atoms with Gasteiger partial charge in [0.1, 0.15) is 5.82 Å². The first kappa shape index (κ1) is 17.9. The third-order valence-electron chi connectivity index (χ3n) is 4.06. The van der Waals surface area contributed by atoms with E-state index in [4.69, 9.17) is 0 Å². The highest BCUT2D eigenvalue weighted by molar-refractivity contribution is 5.59. The topological polar surface area (TPSA) is 93.0 Å². The maximum absolute atomic E-state index is 13.1. The molecule has 1 fully saturated rings. The lowest BCUT2D eigenvalue weighted by molar-refractivity contribution is -0.384. The summed E-state index contributed by atoms with van der Waals surface area (Å²) in [6.45, 7) is 0. The Morgan fingerprint density at radius 1 is 1.12 bits per heavy atom. The monoisotopic (exact) mass is 367 g/mol. The summed E-state index contributed by atoms with van der Waals surface area (Å²) in [6.07, 6.45) is -0.842. The van der Waals surface area contributed by atoms with Crippen molar-refractivity contribution in [1.82, 2.24) is 9.97 Å². The van der Waals surface area contributed by atoms with Gasteiger partial charge in [0, 0.05) is 29.9 Å². The van der Waals surface area contributed by atoms with Crippen LogP contribution in [0.5, 0.6) is 0 Å². The summed E-state index contributed by atoms with van der Waals surface area (Å²) in [6, 6.07) is 6.18. The third-order valence-corrected chi connectivity index (χ3v) is 4.06. The van der Waals surface area contributed by atoms with E-state index in [0.717, 1.165) is 31.7 Å². The average molecular weight is 367 g/mol. The summed E-state index contributed by atoms with van der Waals surface area (Å²) in [5.41, 5.74) is -0.788. The van der Waals surface area contributed by atoms with Crippen molar-refractivity contribution in [2.45, 2.75) is 37.9 Å². The van der Waals surface area contributed by atoms with E-state index < -0.39 is 16.8 Å². The molecule has 3 rings (SSSR count). The normalized spacial score (nSPS) is 15.0. The number of aromatic nitrogens is 2. The molecule has 7 nitrogen and oxygen atoms in total. The third kappa shape index (κ3) is 4.38. The second kappa shape index (κ2) is 7.14. The first-order valence-corrected chi connectivity index (χ1v) is 8.05. The molecule has 0 aliphatic heterocycles. The van der Waals surface area contributed by atoms with E-state index in [1.165, 1.54) is 24.3 Å². The van der Waals surface area contributed by atoms with Gasteiger partial charge in [-0.2, -0.15) is 18.2 Å². The molecule has 26 heavy (non-hydrogen) atoms. The number of nitrogens with zero attached hydrogens (tertiary/aromatic N) is 3. The molecule has 0 saturated heterocycles. The minimum Gasteiger partial charge on any atom is -0.351 e. The number of hydrogen-bond donors (Lipinski definition) is 2. The Morgan fingerprint density at radius 3 is 2.35 bits per heavy atom. The van der Waals surface area contributed by atoms with Crippen LogP contribution in [0.3, 0.4) is 0 Å². The summed E-state index contributed by atoms with van der Waals surface area (Å²) < 4.78 is 39.4. The Kier molecular flexibility index (Phi) is 4.92. The summed E-state index contributed by atoms with van der Waals surface area (Å²) in [5, 5.41) is 16.4. The molecule has 1 aromatic heterocycles. The second-order valence-electron chi connectivity index (χ2n) is 6.01. The van der Waals surface area contributed by atoms with Gasteiger partial charge in [-0.25, -0.2) is 4.98 Å². The maximum Gasteiger partial charge on any atom is 0.433 e. The van der Waals surface area contributed by atoms with Gasteiger partial charge in [0.2, 0.25) is 5.95 Å². The van der Waals surface area contributed by atoms with E-state index >= 15 is 0 Å². The first-order valence-electron chi connectivity index (χ1n) is 8.05. The predicted octanol–water partition coefficient (Wildman–Crippen LogP) is 4.50. The highest BCUT2D eigenvalue weighted by Crippen LogP contribution is 2.31. The SMILES string of the molecule is O=[N+]([O-])c1ccc(Nc2cc(C(F)(F)F)nc(NC3CCCC3)n2)cc1. The summed E-state index contributed by atoms with van der Waals surface area (Å²) in [7, 11) is 0. The van der Waals surface area contributed by atoms with Crippen molar-refractivity contribution in [3.63, 3.8) is 0 Å². The molecule has 1 saturated carbocycles. The predicted molar refractivity (Wildman–Crippen MR) is 89.3 cm³/mol. The van der Waals surface area contributed by atoms with E-state index in [9.17, 15) is 23.3 Å². The Morgan fingerprint density at radius 2 is 1.77 bits per heavy atom. The molecular weight excluding hydrogens is 351 g/mol. The number of nitrogens with one attached hydrogen (secondary N) is 2. The molecule has 1 aliphatic carbocycles. The van der Waals surface area contributed by atoms with Crippen LogP contribution in [0.2, 0.25) is 0 Å². The fraction of sp³-hybridized carbons (Fsp3) is 0.375. The van der Waals surface area contributed by atoms with Crippen LogP contribution in [0.15, 0.2) is 30.3 Å². The van der Waals surface area contributed by atoms with Crippen molar-refractivity contribution < 1.29 is 18.1 Å². The molecular formula is C16H16F3N5O2. The lowest BCUT2D eigenvalue weighted by Gasteiger charge is -2.15. The van der Waals surface area contributed by atoms with Crippen molar-refractivity contribution in [3.8, 4) is 0 Å². The van der Waals surface area contributed by atoms with E-state index in [0.29, 0.717) is 5.69 Å². The lowest BCUT2D eigenvalue weighted by Crippen LogP contribution is -2.19. The number of nitro benzene ring substituents is 1. The van der Waals surface area contributed by atoms with Crippen LogP contribution in [0.1, 0.15) is 31.4 Å². The Hall–Kier alpha value is -2.91. The van der Waals surface area contributed by atoms with Crippen molar-refractivity contribution in [2.75, 3.05) is 10.6 Å². The van der Waals surface area contributed by atoms with Crippen molar-refractivity contribution >= 4 is 23.1 Å². The molecule has 0 radical (unpaired) electrons. The standard InChI is InChI=1S/C16H16F3N5O2/c17-16(18,19)13-9-14(20-11-5-7-12(8-6-11)24(25)26)23-15(22-13)21-10-3-1-2-4-10/h5-10H,1-4H2,(H2,20,21,22,23). The zero-order valence-corrected chi connectivity index (χ0v) is 13.6. The number of nitro groups is 1. The van der Waals surface area contributed by atoms with Crippen LogP contribution in [0.25, 0.3) is 0 Å². The number of non-ortho nitro benzene ring substituents is 1. The number of anilines is 3. The second-order valence-corrected chi connectivity index (χ2v) is 6.01. The minimum absolute atomic E-state index is 0.0401. The Balaban J connectivity index is 1.85. The van der Waals surface area contributed by atoms with Gasteiger partial charge in [-0.3, -0.25) is 10.1 Å². The minimum atomic E-state index is -4.61. The molecule has 1 aromatic carbocycles. The van der Waals surface area contributed by atoms with Gasteiger partial charge >= 0.3 is 6.18 Å². The summed E-state index contributed by atoms with van der Waals surface area (Å²) in [5.74, 6) is -0.127. The number of halogens is 3. The van der Waals surface area contributed by atoms with E-state index in [1.54, 1.807) is 0 Å². The Labute approximate surface area is 146 Å². The number of hydrogen-bond acceptors (Lipinski definition) is 6. The van der Waals surface area contributed by atoms with Crippen LogP contribution < -0.4 is 10.6 Å². The van der Waals surface area contributed by atoms with Gasteiger partial charge in [-0.15, -0.1) is 0 Å². The molecule has 1 aliphatic rings. The van der Waals surface area contributed by atoms with Crippen molar-refractivity contribution in [3.05, 3.63) is 46.1 Å². The number of benzene rings is 1. The van der Waals surface area contributed by atoms with Gasteiger partial charge in [-0.1, -0.05) is 12.8 Å². The van der Waals surface area contributed by atoms with Crippen LogP contribution >= 0.6 is 0 Å². The van der Waals surface area contributed by atoms with E-state index in [-0.39, 0.29) is 23.5 Å². The molecule has 2 aromatic rings. The van der Waals surface area contributed by atoms with Gasteiger partial charge < -0.3 is 10.6 Å². The smallest absolute Gasteiger partial charge is 0.351 e. The molecule has 0 spiro atoms. The summed E-state index contributed by atoms with van der Waals surface area (Å²) >= 11 is 0. The molecule has 10 heteroatoms. The number of rotatable bonds is 5. The van der Waals surface area contributed by atoms with Crippen LogP contribution in [-0.2, 0) is 6.18 Å². The summed E-state index contributed by atoms with van der Waals surface area (Å²) in [4.78, 5) is 17.8. The van der Waals surface area contributed by atoms with Crippen LogP contribution in [0, 0.1) is 10.1 Å². The highest BCUT2D eigenvalue weighted by Gasteiger charge is 2.34. The zero-order chi connectivity index (χ0) is 18.7. The van der Waals surface area contributed by atoms with Gasteiger partial charge in [0.15, 0.2) is 5.69 Å². The van der Waals surface area contributed by atoms with Crippen molar-refractivity contribution in [2.24, 2.45) is 0 Å². The van der Waals surface area contributed by atoms with Crippen LogP contribution in [0.4, 0.5) is 36.3 Å². The van der Waals surface area contributed by atoms with Gasteiger partial charge in [0.05, 0.1) is 4.92 Å². The van der Waals surface area contributed by atoms with Crippen molar-refractivity contribution in [1.29, 1.82) is 0 Å². The van der Waals surface area contributed by atoms with Gasteiger partial charge in [0.25, 0.3) is 5.69 Å². The molecule has 0 atom stereocenters. The van der Waals surface area contributed by atoms with Crippen LogP contribution in [-0.4, -0.2) is 20.9 Å². The molecule has 0 unspecified atom stereocenters. The quantitative estimate of drug-likeness (QED) is 0.597. The Bertz CT molecular complexity index is 789. The molecule has 1 heterocycles. The molecule has 2 N–H and O–H groups in total. The van der Waals surface area contributed by atoms with E-state index in [2.05, 4.69) is 20.6 Å². The fourth-order valence-corrected chi connectivity index (χ4v) is 2.79. The fourth-order valence-electron chi connectivity index (χ4n) is 2.79. The molecule has 0 amide bonds. The van der Waals surface area contributed by atoms with E-state index in [1.807, 2.05) is 0 Å². The highest BCUT2D eigenvalue weighted by atomic mass is 19.4. The largest absolute Gasteiger partial charge is 0.433 e. The number of alkyl halides is 3. The molecule has 138 valence electrons. The first-order chi connectivity index (χ1) is 12.3. The average Bonchev–Trinajstić information content (AvgIpc) is 3.07. The zero-order valence-electron chi connectivity index (χ0n) is 13.6. The lowest BCUT2D eigenvalue weighted by atomic mass is 10.2. The van der Waals surface area contributed by atoms with Gasteiger partial charge in [-0.05, 0) is 25.0 Å². The maximum atomic E-state index is 13.1. The molecule has 0 bridgehead atoms.